The van der Waals surface area contributed by atoms with Crippen LogP contribution in [0.3, 0.4) is 0 Å². The number of nitrogens with one attached hydrogen (secondary N) is 1. The monoisotopic (exact) mass is 347 g/mol. The summed E-state index contributed by atoms with van der Waals surface area (Å²) in [5.74, 6) is -0.566. The number of aliphatic hydroxyl groups is 1. The molecule has 3 aromatic carbocycles. The molecule has 132 valence electrons. The summed E-state index contributed by atoms with van der Waals surface area (Å²) >= 11 is 0. The second-order valence-corrected chi connectivity index (χ2v) is 5.97. The van der Waals surface area contributed by atoms with Gasteiger partial charge in [0, 0.05) is 5.69 Å². The maximum atomic E-state index is 13.0. The highest BCUT2D eigenvalue weighted by atomic mass is 16.5. The maximum absolute atomic E-state index is 13.0. The highest BCUT2D eigenvalue weighted by Crippen LogP contribution is 2.39. The van der Waals surface area contributed by atoms with Crippen LogP contribution in [0.2, 0.25) is 0 Å². The smallest absolute Gasteiger partial charge is 0.339 e. The van der Waals surface area contributed by atoms with Gasteiger partial charge in [-0.25, -0.2) is 4.79 Å². The van der Waals surface area contributed by atoms with Gasteiger partial charge in [-0.3, -0.25) is 0 Å². The Labute approximate surface area is 153 Å². The van der Waals surface area contributed by atoms with E-state index in [0.717, 1.165) is 0 Å². The van der Waals surface area contributed by atoms with Crippen LogP contribution in [-0.2, 0) is 15.1 Å². The molecule has 0 spiro atoms. The van der Waals surface area contributed by atoms with Gasteiger partial charge >= 0.3 is 5.97 Å². The molecule has 0 saturated carbocycles. The van der Waals surface area contributed by atoms with Crippen molar-refractivity contribution in [2.75, 3.05) is 12.4 Å². The molecular weight excluding hydrogens is 326 g/mol. The molecule has 0 aliphatic rings. The van der Waals surface area contributed by atoms with Crippen LogP contribution < -0.4 is 5.32 Å². The predicted octanol–water partition coefficient (Wildman–Crippen LogP) is 3.90. The van der Waals surface area contributed by atoms with E-state index in [-0.39, 0.29) is 0 Å². The van der Waals surface area contributed by atoms with Crippen LogP contribution in [0.1, 0.15) is 17.2 Å². The van der Waals surface area contributed by atoms with Gasteiger partial charge in [0.1, 0.15) is 6.10 Å². The van der Waals surface area contributed by atoms with Gasteiger partial charge in [-0.05, 0) is 23.3 Å². The molecule has 0 bridgehead atoms. The average Bonchev–Trinajstić information content (AvgIpc) is 2.73. The molecule has 2 unspecified atom stereocenters. The number of anilines is 1. The zero-order valence-corrected chi connectivity index (χ0v) is 14.5. The predicted molar refractivity (Wildman–Crippen MR) is 102 cm³/mol. The van der Waals surface area contributed by atoms with Gasteiger partial charge < -0.3 is 15.2 Å². The van der Waals surface area contributed by atoms with Crippen LogP contribution >= 0.6 is 0 Å². The lowest BCUT2D eigenvalue weighted by Gasteiger charge is -2.37. The number of benzene rings is 3. The lowest BCUT2D eigenvalue weighted by molar-refractivity contribution is -0.151. The first-order valence-corrected chi connectivity index (χ1v) is 8.38. The van der Waals surface area contributed by atoms with Crippen molar-refractivity contribution in [3.05, 3.63) is 102 Å². The molecule has 3 aromatic rings. The minimum absolute atomic E-state index is 0.566. The number of methoxy groups -OCH3 is 1. The number of carbonyl (C=O) groups excluding carboxylic acids is 1. The van der Waals surface area contributed by atoms with Crippen molar-refractivity contribution in [2.45, 2.75) is 11.6 Å². The van der Waals surface area contributed by atoms with E-state index in [1.54, 1.807) is 24.3 Å². The largest absolute Gasteiger partial charge is 0.467 e. The Kier molecular flexibility index (Phi) is 5.34. The summed E-state index contributed by atoms with van der Waals surface area (Å²) in [6, 6.07) is 27.5. The van der Waals surface area contributed by atoms with Gasteiger partial charge in [0.25, 0.3) is 0 Å². The molecule has 4 nitrogen and oxygen atoms in total. The van der Waals surface area contributed by atoms with E-state index in [2.05, 4.69) is 5.32 Å². The minimum atomic E-state index is -1.49. The quantitative estimate of drug-likeness (QED) is 0.664. The summed E-state index contributed by atoms with van der Waals surface area (Å²) in [4.78, 5) is 13.0. The SMILES string of the molecule is COC(=O)C(Nc1ccccc1)(c1ccccc1)C(O)c1ccccc1. The van der Waals surface area contributed by atoms with E-state index >= 15 is 0 Å². The van der Waals surface area contributed by atoms with E-state index in [9.17, 15) is 9.90 Å². The fraction of sp³-hybridized carbons (Fsp3) is 0.136. The van der Waals surface area contributed by atoms with E-state index in [1.165, 1.54) is 7.11 Å². The second kappa shape index (κ2) is 7.85. The summed E-state index contributed by atoms with van der Waals surface area (Å²) in [6.45, 7) is 0. The van der Waals surface area contributed by atoms with E-state index < -0.39 is 17.6 Å². The van der Waals surface area contributed by atoms with Crippen LogP contribution in [0, 0.1) is 0 Å². The second-order valence-electron chi connectivity index (χ2n) is 5.97. The molecule has 0 fully saturated rings. The zero-order chi connectivity index (χ0) is 18.4. The van der Waals surface area contributed by atoms with E-state index in [0.29, 0.717) is 16.8 Å². The molecule has 26 heavy (non-hydrogen) atoms. The van der Waals surface area contributed by atoms with Crippen LogP contribution in [0.25, 0.3) is 0 Å². The van der Waals surface area contributed by atoms with Crippen LogP contribution in [0.15, 0.2) is 91.0 Å². The molecule has 0 aliphatic heterocycles. The molecule has 0 radical (unpaired) electrons. The van der Waals surface area contributed by atoms with Crippen molar-refractivity contribution in [1.29, 1.82) is 0 Å². The number of rotatable bonds is 6. The summed E-state index contributed by atoms with van der Waals surface area (Å²) in [5.41, 5.74) is 0.451. The fourth-order valence-corrected chi connectivity index (χ4v) is 3.08. The van der Waals surface area contributed by atoms with Gasteiger partial charge in [0.15, 0.2) is 5.54 Å². The molecule has 2 atom stereocenters. The van der Waals surface area contributed by atoms with Crippen LogP contribution in [-0.4, -0.2) is 18.2 Å². The van der Waals surface area contributed by atoms with Crippen molar-refractivity contribution in [3.63, 3.8) is 0 Å². The molecule has 2 N–H and O–H groups in total. The number of ether oxygens (including phenoxy) is 1. The normalized spacial score (nSPS) is 14.1. The molecular formula is C22H21NO3. The number of hydrogen-bond acceptors (Lipinski definition) is 4. The molecule has 4 heteroatoms. The number of para-hydroxylation sites is 1. The summed E-state index contributed by atoms with van der Waals surface area (Å²) < 4.78 is 5.12. The fourth-order valence-electron chi connectivity index (χ4n) is 3.08. The molecule has 0 aliphatic carbocycles. The maximum Gasteiger partial charge on any atom is 0.339 e. The van der Waals surface area contributed by atoms with Crippen molar-refractivity contribution < 1.29 is 14.6 Å². The number of aliphatic hydroxyl groups excluding tert-OH is 1. The highest BCUT2D eigenvalue weighted by molar-refractivity contribution is 5.87. The Balaban J connectivity index is 2.19. The first kappa shape index (κ1) is 17.7. The average molecular weight is 347 g/mol. The molecule has 3 rings (SSSR count). The van der Waals surface area contributed by atoms with Crippen molar-refractivity contribution in [2.24, 2.45) is 0 Å². The van der Waals surface area contributed by atoms with Gasteiger partial charge in [-0.2, -0.15) is 0 Å². The van der Waals surface area contributed by atoms with E-state index in [4.69, 9.17) is 4.74 Å². The van der Waals surface area contributed by atoms with Crippen molar-refractivity contribution in [1.82, 2.24) is 0 Å². The lowest BCUT2D eigenvalue weighted by atomic mass is 9.80. The van der Waals surface area contributed by atoms with Gasteiger partial charge in [-0.15, -0.1) is 0 Å². The first-order valence-electron chi connectivity index (χ1n) is 8.38. The Hall–Kier alpha value is -3.11. The van der Waals surface area contributed by atoms with Crippen molar-refractivity contribution in [3.8, 4) is 0 Å². The zero-order valence-electron chi connectivity index (χ0n) is 14.5. The topological polar surface area (TPSA) is 58.6 Å². The Morgan fingerprint density at radius 2 is 1.38 bits per heavy atom. The molecule has 0 saturated heterocycles. The summed E-state index contributed by atoms with van der Waals surface area (Å²) in [6.07, 6.45) is -1.15. The Morgan fingerprint density at radius 3 is 1.92 bits per heavy atom. The third-order valence-electron chi connectivity index (χ3n) is 4.38. The van der Waals surface area contributed by atoms with Gasteiger partial charge in [0.2, 0.25) is 0 Å². The number of esters is 1. The van der Waals surface area contributed by atoms with Crippen LogP contribution in [0.5, 0.6) is 0 Å². The third kappa shape index (κ3) is 3.32. The lowest BCUT2D eigenvalue weighted by Crippen LogP contribution is -2.49. The Morgan fingerprint density at radius 1 is 0.885 bits per heavy atom. The van der Waals surface area contributed by atoms with Gasteiger partial charge in [0.05, 0.1) is 7.11 Å². The standard InChI is InChI=1S/C22H21NO3/c1-26-21(25)22(18-13-7-3-8-14-18,23-19-15-9-4-10-16-19)20(24)17-11-5-2-6-12-17/h2-16,20,23-24H,1H3. The van der Waals surface area contributed by atoms with Crippen molar-refractivity contribution >= 4 is 11.7 Å². The summed E-state index contributed by atoms with van der Waals surface area (Å²) in [7, 11) is 1.32. The highest BCUT2D eigenvalue weighted by Gasteiger charge is 2.49. The minimum Gasteiger partial charge on any atom is -0.467 e. The van der Waals surface area contributed by atoms with E-state index in [1.807, 2.05) is 66.7 Å². The molecule has 0 aromatic heterocycles. The molecule has 0 amide bonds. The van der Waals surface area contributed by atoms with Gasteiger partial charge in [-0.1, -0.05) is 78.9 Å². The third-order valence-corrected chi connectivity index (χ3v) is 4.38. The molecule has 0 heterocycles. The number of hydrogen-bond donors (Lipinski definition) is 2. The Bertz CT molecular complexity index is 837. The first-order chi connectivity index (χ1) is 12.7. The van der Waals surface area contributed by atoms with Crippen LogP contribution in [0.4, 0.5) is 5.69 Å². The number of carbonyl (C=O) groups is 1. The summed E-state index contributed by atoms with van der Waals surface area (Å²) in [5, 5.41) is 14.5.